The minimum atomic E-state index is -0.0570. The minimum Gasteiger partial charge on any atom is -0.409 e. The molecular weight excluding hydrogens is 450 g/mol. The van der Waals surface area contributed by atoms with Gasteiger partial charge in [-0.2, -0.15) is 0 Å². The first kappa shape index (κ1) is 12.5. The van der Waals surface area contributed by atoms with Gasteiger partial charge in [0.2, 0.25) is 5.95 Å². The van der Waals surface area contributed by atoms with Crippen LogP contribution >= 0.6 is 45.2 Å². The Morgan fingerprint density at radius 1 is 1.41 bits per heavy atom. The molecule has 0 bridgehead atoms. The molecule has 2 aromatic heterocycles. The fourth-order valence-corrected chi connectivity index (χ4v) is 1.97. The number of imidazole rings is 1. The molecule has 0 atom stereocenters. The third-order valence-electron chi connectivity index (χ3n) is 1.90. The van der Waals surface area contributed by atoms with Crippen molar-refractivity contribution in [3.8, 4) is 5.95 Å². The van der Waals surface area contributed by atoms with Crippen LogP contribution in [0.25, 0.3) is 5.95 Å². The van der Waals surface area contributed by atoms with E-state index >= 15 is 0 Å². The number of aromatic nitrogens is 4. The van der Waals surface area contributed by atoms with E-state index in [9.17, 15) is 0 Å². The van der Waals surface area contributed by atoms with Crippen LogP contribution in [-0.4, -0.2) is 30.6 Å². The van der Waals surface area contributed by atoms with Crippen molar-refractivity contribution in [2.45, 2.75) is 0 Å². The molecule has 9 heteroatoms. The molecule has 2 rings (SSSR count). The quantitative estimate of drug-likeness (QED) is 0.231. The van der Waals surface area contributed by atoms with Gasteiger partial charge in [0, 0.05) is 6.20 Å². The maximum Gasteiger partial charge on any atom is 0.236 e. The lowest BCUT2D eigenvalue weighted by molar-refractivity contribution is 0.318. The van der Waals surface area contributed by atoms with Crippen molar-refractivity contribution in [1.29, 1.82) is 0 Å². The van der Waals surface area contributed by atoms with E-state index in [1.54, 1.807) is 23.2 Å². The maximum atomic E-state index is 8.59. The van der Waals surface area contributed by atoms with E-state index in [2.05, 4.69) is 65.3 Å². The van der Waals surface area contributed by atoms with Crippen LogP contribution < -0.4 is 5.73 Å². The molecule has 3 N–H and O–H groups in total. The zero-order chi connectivity index (χ0) is 12.4. The van der Waals surface area contributed by atoms with Gasteiger partial charge in [-0.3, -0.25) is 4.57 Å². The van der Waals surface area contributed by atoms with Crippen LogP contribution in [0.4, 0.5) is 0 Å². The average molecular weight is 456 g/mol. The highest BCUT2D eigenvalue weighted by atomic mass is 127. The van der Waals surface area contributed by atoms with Crippen molar-refractivity contribution in [3.63, 3.8) is 0 Å². The fraction of sp³-hybridized carbons (Fsp3) is 0. The van der Waals surface area contributed by atoms with Gasteiger partial charge in [-0.15, -0.1) is 0 Å². The van der Waals surface area contributed by atoms with Crippen molar-refractivity contribution in [2.24, 2.45) is 10.9 Å². The van der Waals surface area contributed by atoms with Gasteiger partial charge in [-0.25, -0.2) is 15.0 Å². The van der Waals surface area contributed by atoms with Crippen molar-refractivity contribution in [3.05, 3.63) is 31.7 Å². The first-order valence-corrected chi connectivity index (χ1v) is 6.49. The van der Waals surface area contributed by atoms with Crippen LogP contribution in [0.2, 0.25) is 0 Å². The van der Waals surface area contributed by atoms with Crippen molar-refractivity contribution in [2.75, 3.05) is 0 Å². The predicted molar refractivity (Wildman–Crippen MR) is 77.1 cm³/mol. The molecule has 0 aliphatic carbocycles. The van der Waals surface area contributed by atoms with Crippen LogP contribution in [0.3, 0.4) is 0 Å². The molecule has 0 aliphatic rings. The zero-order valence-corrected chi connectivity index (χ0v) is 12.6. The van der Waals surface area contributed by atoms with E-state index in [0.717, 1.165) is 7.40 Å². The molecule has 88 valence electrons. The Balaban J connectivity index is 2.50. The second-order valence-corrected chi connectivity index (χ2v) is 4.97. The second kappa shape index (κ2) is 5.12. The van der Waals surface area contributed by atoms with Gasteiger partial charge in [-0.05, 0) is 51.2 Å². The van der Waals surface area contributed by atoms with Crippen molar-refractivity contribution < 1.29 is 5.21 Å². The molecule has 2 aromatic rings. The number of halogens is 2. The smallest absolute Gasteiger partial charge is 0.236 e. The molecule has 0 saturated heterocycles. The van der Waals surface area contributed by atoms with Gasteiger partial charge in [0.1, 0.15) is 19.4 Å². The summed E-state index contributed by atoms with van der Waals surface area (Å²) in [6.07, 6.45) is 3.16. The Labute approximate surface area is 123 Å². The molecule has 2 heterocycles. The molecule has 0 unspecified atom stereocenters. The topological polar surface area (TPSA) is 102 Å². The number of hydrogen-bond acceptors (Lipinski definition) is 5. The standard InChI is InChI=1S/C8H6I2N6O/c9-5-6(10)16(3-13-5)8-12-2-1-4(14-8)7(11)15-17/h1-3,17H,(H2,11,15). The Morgan fingerprint density at radius 3 is 2.76 bits per heavy atom. The Hall–Kier alpha value is -0.980. The Bertz CT molecular complexity index is 581. The van der Waals surface area contributed by atoms with Crippen molar-refractivity contribution >= 4 is 51.0 Å². The molecule has 7 nitrogen and oxygen atoms in total. The summed E-state index contributed by atoms with van der Waals surface area (Å²) < 4.78 is 3.48. The highest BCUT2D eigenvalue weighted by molar-refractivity contribution is 14.1. The van der Waals surface area contributed by atoms with E-state index in [-0.39, 0.29) is 5.84 Å². The van der Waals surface area contributed by atoms with E-state index in [0.29, 0.717) is 11.6 Å². The van der Waals surface area contributed by atoms with Crippen LogP contribution in [0, 0.1) is 7.40 Å². The molecular formula is C8H6I2N6O. The van der Waals surface area contributed by atoms with Crippen LogP contribution in [-0.2, 0) is 0 Å². The number of nitrogens with two attached hydrogens (primary N) is 1. The van der Waals surface area contributed by atoms with Gasteiger partial charge in [0.15, 0.2) is 5.84 Å². The van der Waals surface area contributed by atoms with Crippen LogP contribution in [0.1, 0.15) is 5.69 Å². The van der Waals surface area contributed by atoms with Crippen LogP contribution in [0.15, 0.2) is 23.7 Å². The number of oxime groups is 1. The van der Waals surface area contributed by atoms with Gasteiger partial charge in [0.05, 0.1) is 0 Å². The number of nitrogens with zero attached hydrogens (tertiary/aromatic N) is 5. The third-order valence-corrected chi connectivity index (χ3v) is 4.75. The van der Waals surface area contributed by atoms with E-state index in [1.165, 1.54) is 0 Å². The molecule has 0 saturated carbocycles. The molecule has 0 radical (unpaired) electrons. The first-order valence-electron chi connectivity index (χ1n) is 4.33. The molecule has 17 heavy (non-hydrogen) atoms. The monoisotopic (exact) mass is 456 g/mol. The van der Waals surface area contributed by atoms with Gasteiger partial charge in [-0.1, -0.05) is 5.16 Å². The summed E-state index contributed by atoms with van der Waals surface area (Å²) in [6.45, 7) is 0. The van der Waals surface area contributed by atoms with Gasteiger partial charge < -0.3 is 10.9 Å². The lowest BCUT2D eigenvalue weighted by Crippen LogP contribution is -2.16. The fourth-order valence-electron chi connectivity index (χ4n) is 1.11. The molecule has 0 spiro atoms. The lowest BCUT2D eigenvalue weighted by Gasteiger charge is -2.03. The summed E-state index contributed by atoms with van der Waals surface area (Å²) in [5.74, 6) is 0.368. The molecule has 0 aliphatic heterocycles. The zero-order valence-electron chi connectivity index (χ0n) is 8.25. The lowest BCUT2D eigenvalue weighted by atomic mass is 10.4. The SMILES string of the molecule is N/C(=N/O)c1ccnc(-n2cnc(I)c2I)n1. The summed E-state index contributed by atoms with van der Waals surface area (Å²) in [6, 6.07) is 1.56. The summed E-state index contributed by atoms with van der Waals surface area (Å²) in [4.78, 5) is 12.4. The summed E-state index contributed by atoms with van der Waals surface area (Å²) in [5, 5.41) is 11.5. The first-order chi connectivity index (χ1) is 8.13. The largest absolute Gasteiger partial charge is 0.409 e. The highest BCUT2D eigenvalue weighted by Gasteiger charge is 2.10. The average Bonchev–Trinajstić information content (AvgIpc) is 2.69. The summed E-state index contributed by atoms with van der Waals surface area (Å²) in [7, 11) is 0. The second-order valence-electron chi connectivity index (χ2n) is 2.92. The van der Waals surface area contributed by atoms with E-state index in [1.807, 2.05) is 0 Å². The number of hydrogen-bond donors (Lipinski definition) is 2. The molecule has 0 fully saturated rings. The summed E-state index contributed by atoms with van der Waals surface area (Å²) >= 11 is 4.26. The number of amidine groups is 1. The minimum absolute atomic E-state index is 0.0570. The predicted octanol–water partition coefficient (Wildman–Crippen LogP) is 0.966. The maximum absolute atomic E-state index is 8.59. The van der Waals surface area contributed by atoms with E-state index < -0.39 is 0 Å². The Morgan fingerprint density at radius 2 is 2.18 bits per heavy atom. The van der Waals surface area contributed by atoms with Gasteiger partial charge in [0.25, 0.3) is 0 Å². The summed E-state index contributed by atoms with van der Waals surface area (Å²) in [5.41, 5.74) is 5.82. The normalized spacial score (nSPS) is 11.8. The number of rotatable bonds is 2. The Kier molecular flexibility index (Phi) is 3.76. The van der Waals surface area contributed by atoms with E-state index in [4.69, 9.17) is 10.9 Å². The highest BCUT2D eigenvalue weighted by Crippen LogP contribution is 2.15. The molecule has 0 aromatic carbocycles. The third kappa shape index (κ3) is 2.48. The molecule has 0 amide bonds. The van der Waals surface area contributed by atoms with Crippen LogP contribution in [0.5, 0.6) is 0 Å². The van der Waals surface area contributed by atoms with Crippen molar-refractivity contribution in [1.82, 2.24) is 19.5 Å². The van der Waals surface area contributed by atoms with Gasteiger partial charge >= 0.3 is 0 Å².